The van der Waals surface area contributed by atoms with Gasteiger partial charge in [-0.25, -0.2) is 18.4 Å². The molecule has 0 spiro atoms. The maximum absolute atomic E-state index is 11.9. The van der Waals surface area contributed by atoms with Crippen LogP contribution in [0.25, 0.3) is 21.2 Å². The zero-order chi connectivity index (χ0) is 19.8. The van der Waals surface area contributed by atoms with Gasteiger partial charge in [-0.3, -0.25) is 0 Å². The molecule has 1 aliphatic rings. The first kappa shape index (κ1) is 19.7. The third-order valence-corrected chi connectivity index (χ3v) is 7.31. The quantitative estimate of drug-likeness (QED) is 0.307. The number of ether oxygens (including phenoxy) is 1. The minimum atomic E-state index is -3.04. The third kappa shape index (κ3) is 3.81. The lowest BCUT2D eigenvalue weighted by atomic mass is 9.92. The number of hydrogen-bond acceptors (Lipinski definition) is 6. The second-order valence-corrected chi connectivity index (χ2v) is 10.0. The van der Waals surface area contributed by atoms with Gasteiger partial charge in [-0.1, -0.05) is 37.5 Å². The van der Waals surface area contributed by atoms with Crippen molar-refractivity contribution in [2.75, 3.05) is 5.75 Å². The van der Waals surface area contributed by atoms with Crippen molar-refractivity contribution in [2.24, 2.45) is 5.11 Å². The SMILES string of the molecule is CCS(=O)(=O)[C@H]1C[C@@H](Oc2ncc(C(C)(C)N=[N+]=[N-])c3cc(Cl)ncc23)C1. The summed E-state index contributed by atoms with van der Waals surface area (Å²) in [6.45, 7) is 5.21. The molecule has 2 aromatic rings. The predicted octanol–water partition coefficient (Wildman–Crippen LogP) is 4.17. The maximum atomic E-state index is 11.9. The Balaban J connectivity index is 1.94. The standard InChI is InChI=1S/C17H20ClN5O3S/c1-4-27(24,25)11-5-10(6-11)26-16-13-8-20-15(18)7-12(13)14(9-21-16)17(2,3)22-23-19/h7-11H,4-6H2,1-3H3/t10-,11+. The van der Waals surface area contributed by atoms with Crippen LogP contribution in [0.2, 0.25) is 5.15 Å². The van der Waals surface area contributed by atoms with E-state index in [1.807, 2.05) is 0 Å². The number of fused-ring (bicyclic) bond motifs is 1. The normalized spacial score (nSPS) is 20.0. The molecule has 8 nitrogen and oxygen atoms in total. The van der Waals surface area contributed by atoms with Crippen molar-refractivity contribution in [1.82, 2.24) is 9.97 Å². The molecule has 10 heteroatoms. The van der Waals surface area contributed by atoms with Gasteiger partial charge in [-0.05, 0) is 22.5 Å². The van der Waals surface area contributed by atoms with E-state index in [-0.39, 0.29) is 17.1 Å². The molecule has 144 valence electrons. The van der Waals surface area contributed by atoms with E-state index in [2.05, 4.69) is 20.0 Å². The molecule has 0 atom stereocenters. The van der Waals surface area contributed by atoms with E-state index in [0.717, 1.165) is 5.39 Å². The number of sulfone groups is 1. The molecule has 0 unspecified atom stereocenters. The highest BCUT2D eigenvalue weighted by Crippen LogP contribution is 2.37. The number of aromatic nitrogens is 2. The summed E-state index contributed by atoms with van der Waals surface area (Å²) in [6, 6.07) is 1.68. The Morgan fingerprint density at radius 1 is 1.33 bits per heavy atom. The highest BCUT2D eigenvalue weighted by Gasteiger charge is 2.39. The summed E-state index contributed by atoms with van der Waals surface area (Å²) in [5.74, 6) is 0.504. The number of halogens is 1. The van der Waals surface area contributed by atoms with Crippen molar-refractivity contribution in [3.8, 4) is 5.88 Å². The van der Waals surface area contributed by atoms with E-state index >= 15 is 0 Å². The zero-order valence-electron chi connectivity index (χ0n) is 15.3. The summed E-state index contributed by atoms with van der Waals surface area (Å²) in [6.07, 6.45) is 3.85. The van der Waals surface area contributed by atoms with Crippen molar-refractivity contribution in [2.45, 2.75) is 50.5 Å². The summed E-state index contributed by atoms with van der Waals surface area (Å²) in [7, 11) is -3.04. The van der Waals surface area contributed by atoms with Crippen molar-refractivity contribution >= 4 is 32.2 Å². The summed E-state index contributed by atoms with van der Waals surface area (Å²) >= 11 is 6.06. The van der Waals surface area contributed by atoms with Crippen molar-refractivity contribution in [3.63, 3.8) is 0 Å². The van der Waals surface area contributed by atoms with E-state index < -0.39 is 15.4 Å². The van der Waals surface area contributed by atoms with Crippen molar-refractivity contribution in [1.29, 1.82) is 0 Å². The van der Waals surface area contributed by atoms with Gasteiger partial charge >= 0.3 is 0 Å². The van der Waals surface area contributed by atoms with Gasteiger partial charge < -0.3 is 4.74 Å². The minimum Gasteiger partial charge on any atom is -0.474 e. The van der Waals surface area contributed by atoms with E-state index in [9.17, 15) is 8.42 Å². The first-order valence-electron chi connectivity index (χ1n) is 8.57. The Labute approximate surface area is 162 Å². The first-order valence-corrected chi connectivity index (χ1v) is 10.7. The van der Waals surface area contributed by atoms with Gasteiger partial charge in [0, 0.05) is 35.9 Å². The maximum Gasteiger partial charge on any atom is 0.223 e. The van der Waals surface area contributed by atoms with Gasteiger partial charge in [0.05, 0.1) is 16.2 Å². The molecule has 0 aliphatic heterocycles. The Hall–Kier alpha value is -2.09. The number of nitrogens with zero attached hydrogens (tertiary/aromatic N) is 5. The molecule has 0 bridgehead atoms. The Morgan fingerprint density at radius 3 is 2.67 bits per heavy atom. The lowest BCUT2D eigenvalue weighted by Gasteiger charge is -2.34. The molecular formula is C17H20ClN5O3S. The van der Waals surface area contributed by atoms with Crippen LogP contribution in [0.5, 0.6) is 5.88 Å². The van der Waals surface area contributed by atoms with Gasteiger partial charge in [0.1, 0.15) is 11.3 Å². The number of azide groups is 1. The average Bonchev–Trinajstić information content (AvgIpc) is 2.56. The molecule has 2 heterocycles. The van der Waals surface area contributed by atoms with Crippen LogP contribution in [0.3, 0.4) is 0 Å². The van der Waals surface area contributed by atoms with Gasteiger partial charge in [0.25, 0.3) is 0 Å². The number of pyridine rings is 2. The average molecular weight is 410 g/mol. The van der Waals surface area contributed by atoms with Crippen LogP contribution >= 0.6 is 11.6 Å². The lowest BCUT2D eigenvalue weighted by molar-refractivity contribution is 0.119. The predicted molar refractivity (Wildman–Crippen MR) is 104 cm³/mol. The molecule has 0 saturated heterocycles. The van der Waals surface area contributed by atoms with Crippen LogP contribution in [0.1, 0.15) is 39.2 Å². The van der Waals surface area contributed by atoms with Crippen LogP contribution in [0.4, 0.5) is 0 Å². The molecule has 0 aromatic carbocycles. The molecule has 0 amide bonds. The van der Waals surface area contributed by atoms with E-state index in [1.165, 1.54) is 0 Å². The van der Waals surface area contributed by atoms with Gasteiger partial charge in [-0.15, -0.1) is 0 Å². The number of rotatable bonds is 6. The Bertz CT molecular complexity index is 1030. The topological polar surface area (TPSA) is 118 Å². The van der Waals surface area contributed by atoms with Gasteiger partial charge in [-0.2, -0.15) is 0 Å². The molecule has 0 N–H and O–H groups in total. The molecular weight excluding hydrogens is 390 g/mol. The fourth-order valence-corrected chi connectivity index (χ4v) is 4.78. The summed E-state index contributed by atoms with van der Waals surface area (Å²) < 4.78 is 29.8. The molecule has 3 rings (SSSR count). The molecule has 1 fully saturated rings. The van der Waals surface area contributed by atoms with Gasteiger partial charge in [0.2, 0.25) is 5.88 Å². The van der Waals surface area contributed by atoms with Crippen LogP contribution in [0, 0.1) is 0 Å². The van der Waals surface area contributed by atoms with Crippen LogP contribution < -0.4 is 4.74 Å². The van der Waals surface area contributed by atoms with Crippen LogP contribution in [-0.4, -0.2) is 35.5 Å². The Morgan fingerprint density at radius 2 is 2.04 bits per heavy atom. The molecule has 0 radical (unpaired) electrons. The summed E-state index contributed by atoms with van der Waals surface area (Å²) in [4.78, 5) is 11.4. The summed E-state index contributed by atoms with van der Waals surface area (Å²) in [5.41, 5.74) is 8.71. The lowest BCUT2D eigenvalue weighted by Crippen LogP contribution is -2.43. The fourth-order valence-electron chi connectivity index (χ4n) is 3.13. The van der Waals surface area contributed by atoms with Crippen LogP contribution in [0.15, 0.2) is 23.6 Å². The van der Waals surface area contributed by atoms with E-state index in [4.69, 9.17) is 21.9 Å². The molecule has 2 aromatic heterocycles. The fraction of sp³-hybridized carbons (Fsp3) is 0.529. The third-order valence-electron chi connectivity index (χ3n) is 4.90. The molecule has 1 aliphatic carbocycles. The molecule has 27 heavy (non-hydrogen) atoms. The van der Waals surface area contributed by atoms with E-state index in [1.54, 1.807) is 39.2 Å². The molecule has 1 saturated carbocycles. The monoisotopic (exact) mass is 409 g/mol. The Kier molecular flexibility index (Phi) is 5.20. The van der Waals surface area contributed by atoms with E-state index in [0.29, 0.717) is 34.8 Å². The van der Waals surface area contributed by atoms with Crippen molar-refractivity contribution in [3.05, 3.63) is 39.6 Å². The zero-order valence-corrected chi connectivity index (χ0v) is 16.8. The first-order chi connectivity index (χ1) is 12.7. The summed E-state index contributed by atoms with van der Waals surface area (Å²) in [5, 5.41) is 5.16. The second kappa shape index (κ2) is 7.14. The van der Waals surface area contributed by atoms with Crippen molar-refractivity contribution < 1.29 is 13.2 Å². The second-order valence-electron chi connectivity index (χ2n) is 7.06. The minimum absolute atomic E-state index is 0.136. The smallest absolute Gasteiger partial charge is 0.223 e. The number of hydrogen-bond donors (Lipinski definition) is 0. The highest BCUT2D eigenvalue weighted by molar-refractivity contribution is 7.92. The highest BCUT2D eigenvalue weighted by atomic mass is 35.5. The largest absolute Gasteiger partial charge is 0.474 e. The van der Waals surface area contributed by atoms with Gasteiger partial charge in [0.15, 0.2) is 9.84 Å². The van der Waals surface area contributed by atoms with Crippen LogP contribution in [-0.2, 0) is 15.4 Å².